The number of benzene rings is 2. The molecule has 5 nitrogen and oxygen atoms in total. The normalized spacial score (nSPS) is 11.6. The van der Waals surface area contributed by atoms with Gasteiger partial charge in [0.1, 0.15) is 0 Å². The first-order valence-electron chi connectivity index (χ1n) is 7.52. The van der Waals surface area contributed by atoms with E-state index in [2.05, 4.69) is 4.72 Å². The lowest BCUT2D eigenvalue weighted by Gasteiger charge is -2.07. The van der Waals surface area contributed by atoms with Crippen molar-refractivity contribution >= 4 is 26.8 Å². The number of para-hydroxylation sites is 1. The van der Waals surface area contributed by atoms with Crippen LogP contribution in [0.5, 0.6) is 0 Å². The van der Waals surface area contributed by atoms with Crippen molar-refractivity contribution in [2.75, 3.05) is 0 Å². The number of aromatic nitrogens is 1. The summed E-state index contributed by atoms with van der Waals surface area (Å²) in [5, 5.41) is 0.741. The highest BCUT2D eigenvalue weighted by molar-refractivity contribution is 7.89. The Bertz CT molecular complexity index is 1010. The maximum atomic E-state index is 12.6. The quantitative estimate of drug-likeness (QED) is 0.793. The van der Waals surface area contributed by atoms with Gasteiger partial charge in [0.25, 0.3) is 5.91 Å². The molecule has 0 aliphatic rings. The second-order valence-electron chi connectivity index (χ2n) is 5.71. The maximum absolute atomic E-state index is 12.6. The second kappa shape index (κ2) is 6.13. The summed E-state index contributed by atoms with van der Waals surface area (Å²) >= 11 is 0. The molecule has 3 rings (SSSR count). The van der Waals surface area contributed by atoms with Gasteiger partial charge < -0.3 is 4.57 Å². The zero-order valence-corrected chi connectivity index (χ0v) is 14.3. The smallest absolute Gasteiger partial charge is 0.267 e. The predicted octanol–water partition coefficient (Wildman–Crippen LogP) is 2.75. The van der Waals surface area contributed by atoms with Crippen LogP contribution in [0.2, 0.25) is 0 Å². The molecule has 2 aromatic carbocycles. The minimum Gasteiger partial charge on any atom is -0.347 e. The molecular formula is C18H18N2O3S. The number of fused-ring (bicyclic) bond motifs is 1. The Morgan fingerprint density at radius 2 is 1.67 bits per heavy atom. The molecule has 0 aliphatic heterocycles. The van der Waals surface area contributed by atoms with Crippen molar-refractivity contribution in [1.29, 1.82) is 0 Å². The molecule has 6 heteroatoms. The van der Waals surface area contributed by atoms with Gasteiger partial charge in [-0.05, 0) is 18.6 Å². The van der Waals surface area contributed by atoms with Crippen LogP contribution in [0.3, 0.4) is 0 Å². The van der Waals surface area contributed by atoms with Crippen LogP contribution in [0.1, 0.15) is 21.6 Å². The second-order valence-corrected chi connectivity index (χ2v) is 7.43. The molecule has 1 N–H and O–H groups in total. The Hall–Kier alpha value is -2.60. The van der Waals surface area contributed by atoms with E-state index in [-0.39, 0.29) is 5.75 Å². The van der Waals surface area contributed by atoms with Crippen LogP contribution >= 0.6 is 0 Å². The molecule has 1 aromatic heterocycles. The third-order valence-corrected chi connectivity index (χ3v) is 5.28. The fourth-order valence-electron chi connectivity index (χ4n) is 2.83. The van der Waals surface area contributed by atoms with E-state index in [1.165, 1.54) is 0 Å². The number of nitrogens with one attached hydrogen (secondary N) is 1. The predicted molar refractivity (Wildman–Crippen MR) is 94.2 cm³/mol. The van der Waals surface area contributed by atoms with Crippen LogP contribution < -0.4 is 4.72 Å². The first-order valence-corrected chi connectivity index (χ1v) is 9.17. The zero-order valence-electron chi connectivity index (χ0n) is 13.5. The molecule has 1 heterocycles. The summed E-state index contributed by atoms with van der Waals surface area (Å²) in [6.07, 6.45) is 0. The van der Waals surface area contributed by atoms with Crippen molar-refractivity contribution in [2.24, 2.45) is 7.05 Å². The number of hydrogen-bond acceptors (Lipinski definition) is 3. The van der Waals surface area contributed by atoms with Crippen molar-refractivity contribution in [3.8, 4) is 0 Å². The van der Waals surface area contributed by atoms with E-state index in [1.807, 2.05) is 41.9 Å². The fraction of sp³-hybridized carbons (Fsp3) is 0.167. The van der Waals surface area contributed by atoms with Gasteiger partial charge in [0.05, 0.1) is 11.3 Å². The molecular weight excluding hydrogens is 324 g/mol. The van der Waals surface area contributed by atoms with E-state index in [9.17, 15) is 13.2 Å². The number of carbonyl (C=O) groups is 1. The summed E-state index contributed by atoms with van der Waals surface area (Å²) in [5.74, 6) is -0.830. The van der Waals surface area contributed by atoms with Gasteiger partial charge in [-0.25, -0.2) is 13.1 Å². The van der Waals surface area contributed by atoms with Gasteiger partial charge in [-0.1, -0.05) is 48.5 Å². The molecule has 1 amide bonds. The lowest BCUT2D eigenvalue weighted by atomic mass is 10.1. The molecule has 124 valence electrons. The minimum absolute atomic E-state index is 0.233. The van der Waals surface area contributed by atoms with Crippen LogP contribution in [-0.2, 0) is 22.8 Å². The third kappa shape index (κ3) is 3.05. The molecule has 0 saturated carbocycles. The van der Waals surface area contributed by atoms with Crippen LogP contribution in [0.25, 0.3) is 10.9 Å². The molecule has 0 aliphatic carbocycles. The molecule has 0 spiro atoms. The molecule has 0 radical (unpaired) electrons. The van der Waals surface area contributed by atoms with Crippen LogP contribution in [0.15, 0.2) is 54.6 Å². The SMILES string of the molecule is Cc1c(C(=O)NS(=O)(=O)Cc2ccccc2)c2ccccc2n1C. The number of nitrogens with zero attached hydrogens (tertiary/aromatic N) is 1. The standard InChI is InChI=1S/C18H18N2O3S/c1-13-17(15-10-6-7-11-16(15)20(13)2)18(21)19-24(22,23)12-14-8-4-3-5-9-14/h3-11H,12H2,1-2H3,(H,19,21). The van der Waals surface area contributed by atoms with E-state index in [4.69, 9.17) is 0 Å². The lowest BCUT2D eigenvalue weighted by Crippen LogP contribution is -2.32. The van der Waals surface area contributed by atoms with Crippen molar-refractivity contribution in [2.45, 2.75) is 12.7 Å². The highest BCUT2D eigenvalue weighted by Gasteiger charge is 2.22. The number of sulfonamides is 1. The van der Waals surface area contributed by atoms with Gasteiger partial charge in [0, 0.05) is 23.6 Å². The van der Waals surface area contributed by atoms with Gasteiger partial charge in [-0.15, -0.1) is 0 Å². The minimum atomic E-state index is -3.77. The Labute approximate surface area is 141 Å². The summed E-state index contributed by atoms with van der Waals surface area (Å²) in [4.78, 5) is 12.6. The number of aryl methyl sites for hydroxylation is 1. The molecule has 3 aromatic rings. The first kappa shape index (κ1) is 16.3. The van der Waals surface area contributed by atoms with Crippen molar-refractivity contribution in [3.05, 3.63) is 71.4 Å². The summed E-state index contributed by atoms with van der Waals surface area (Å²) < 4.78 is 28.7. The Balaban J connectivity index is 1.92. The van der Waals surface area contributed by atoms with Gasteiger partial charge >= 0.3 is 0 Å². The van der Waals surface area contributed by atoms with Crippen molar-refractivity contribution in [3.63, 3.8) is 0 Å². The van der Waals surface area contributed by atoms with Gasteiger partial charge in [-0.2, -0.15) is 0 Å². The fourth-order valence-corrected chi connectivity index (χ4v) is 3.92. The monoisotopic (exact) mass is 342 g/mol. The van der Waals surface area contributed by atoms with Gasteiger partial charge in [-0.3, -0.25) is 4.79 Å². The van der Waals surface area contributed by atoms with Crippen molar-refractivity contribution < 1.29 is 13.2 Å². The molecule has 0 saturated heterocycles. The average molecular weight is 342 g/mol. The number of hydrogen-bond donors (Lipinski definition) is 1. The molecule has 0 bridgehead atoms. The third-order valence-electron chi connectivity index (χ3n) is 4.07. The van der Waals surface area contributed by atoms with E-state index in [0.29, 0.717) is 11.1 Å². The van der Waals surface area contributed by atoms with Gasteiger partial charge in [0.2, 0.25) is 10.0 Å². The first-order chi connectivity index (χ1) is 11.4. The molecule has 0 atom stereocenters. The summed E-state index contributed by atoms with van der Waals surface area (Å²) in [7, 11) is -1.91. The summed E-state index contributed by atoms with van der Waals surface area (Å²) in [6.45, 7) is 1.80. The highest BCUT2D eigenvalue weighted by Crippen LogP contribution is 2.24. The molecule has 0 fully saturated rings. The zero-order chi connectivity index (χ0) is 17.3. The Morgan fingerprint density at radius 3 is 2.38 bits per heavy atom. The Morgan fingerprint density at radius 1 is 1.04 bits per heavy atom. The molecule has 24 heavy (non-hydrogen) atoms. The maximum Gasteiger partial charge on any atom is 0.267 e. The van der Waals surface area contributed by atoms with E-state index >= 15 is 0 Å². The van der Waals surface area contributed by atoms with Crippen LogP contribution in [0.4, 0.5) is 0 Å². The average Bonchev–Trinajstić information content (AvgIpc) is 2.79. The molecule has 0 unspecified atom stereocenters. The van der Waals surface area contributed by atoms with E-state index in [0.717, 1.165) is 16.6 Å². The Kier molecular flexibility index (Phi) is 4.15. The summed E-state index contributed by atoms with van der Waals surface area (Å²) in [6, 6.07) is 16.2. The number of carbonyl (C=O) groups excluding carboxylic acids is 1. The summed E-state index contributed by atoms with van der Waals surface area (Å²) in [5.41, 5.74) is 2.64. The van der Waals surface area contributed by atoms with Gasteiger partial charge in [0.15, 0.2) is 0 Å². The largest absolute Gasteiger partial charge is 0.347 e. The number of rotatable bonds is 4. The van der Waals surface area contributed by atoms with Crippen LogP contribution in [0, 0.1) is 6.92 Å². The topological polar surface area (TPSA) is 68.2 Å². The lowest BCUT2D eigenvalue weighted by molar-refractivity contribution is 0.0982. The van der Waals surface area contributed by atoms with E-state index in [1.54, 1.807) is 31.2 Å². The highest BCUT2D eigenvalue weighted by atomic mass is 32.2. The van der Waals surface area contributed by atoms with E-state index < -0.39 is 15.9 Å². The van der Waals surface area contributed by atoms with Crippen LogP contribution in [-0.4, -0.2) is 18.9 Å². The number of amides is 1. The van der Waals surface area contributed by atoms with Crippen molar-refractivity contribution in [1.82, 2.24) is 9.29 Å².